The normalized spacial score (nSPS) is 23.8. The number of ketones is 2. The predicted octanol–water partition coefficient (Wildman–Crippen LogP) is 3.46. The summed E-state index contributed by atoms with van der Waals surface area (Å²) in [5.41, 5.74) is 0. The van der Waals surface area contributed by atoms with E-state index in [9.17, 15) is 19.5 Å². The average Bonchev–Trinajstić information content (AvgIpc) is 2.82. The number of rotatable bonds is 12. The lowest BCUT2D eigenvalue weighted by molar-refractivity contribution is -0.137. The van der Waals surface area contributed by atoms with Crippen LogP contribution >= 0.6 is 0 Å². The maximum Gasteiger partial charge on any atom is 0.303 e. The summed E-state index contributed by atoms with van der Waals surface area (Å²) in [4.78, 5) is 34.4. The molecule has 0 aromatic carbocycles. The summed E-state index contributed by atoms with van der Waals surface area (Å²) in [5.74, 6) is -1.35. The Morgan fingerprint density at radius 2 is 1.92 bits per heavy atom. The van der Waals surface area contributed by atoms with Gasteiger partial charge in [-0.15, -0.1) is 0 Å². The molecule has 0 bridgehead atoms. The highest BCUT2D eigenvalue weighted by atomic mass is 16.4. The van der Waals surface area contributed by atoms with Gasteiger partial charge >= 0.3 is 5.97 Å². The van der Waals surface area contributed by atoms with Crippen LogP contribution in [-0.2, 0) is 14.4 Å². The maximum atomic E-state index is 12.1. The molecule has 3 atom stereocenters. The van der Waals surface area contributed by atoms with E-state index in [1.807, 2.05) is 12.2 Å². The Kier molecular flexibility index (Phi) is 10.0. The molecule has 5 heteroatoms. The molecule has 25 heavy (non-hydrogen) atoms. The molecule has 140 valence electrons. The third-order valence-corrected chi connectivity index (χ3v) is 4.58. The van der Waals surface area contributed by atoms with Gasteiger partial charge in [-0.3, -0.25) is 14.4 Å². The molecule has 1 aliphatic carbocycles. The highest BCUT2D eigenvalue weighted by Gasteiger charge is 2.39. The number of carboxylic acids is 1. The Morgan fingerprint density at radius 3 is 2.60 bits per heavy atom. The summed E-state index contributed by atoms with van der Waals surface area (Å²) < 4.78 is 0. The van der Waals surface area contributed by atoms with Crippen molar-refractivity contribution in [2.24, 2.45) is 11.8 Å². The number of carbonyl (C=O) groups is 3. The predicted molar refractivity (Wildman–Crippen MR) is 96.1 cm³/mol. The van der Waals surface area contributed by atoms with Gasteiger partial charge in [-0.05, 0) is 31.8 Å². The van der Waals surface area contributed by atoms with Gasteiger partial charge in [-0.25, -0.2) is 0 Å². The second-order valence-corrected chi connectivity index (χ2v) is 6.70. The third kappa shape index (κ3) is 8.25. The minimum Gasteiger partial charge on any atom is -0.481 e. The summed E-state index contributed by atoms with van der Waals surface area (Å²) in [7, 11) is 0. The van der Waals surface area contributed by atoms with Gasteiger partial charge in [0.1, 0.15) is 5.78 Å². The number of hydrogen-bond acceptors (Lipinski definition) is 4. The van der Waals surface area contributed by atoms with Crippen molar-refractivity contribution in [1.82, 2.24) is 0 Å². The van der Waals surface area contributed by atoms with Crippen molar-refractivity contribution in [2.75, 3.05) is 0 Å². The van der Waals surface area contributed by atoms with Crippen molar-refractivity contribution in [2.45, 2.75) is 70.8 Å². The molecule has 1 aliphatic rings. The number of hydrogen-bond donors (Lipinski definition) is 2. The molecule has 5 nitrogen and oxygen atoms in total. The lowest BCUT2D eigenvalue weighted by Gasteiger charge is -2.15. The highest BCUT2D eigenvalue weighted by Crippen LogP contribution is 2.33. The molecule has 1 rings (SSSR count). The lowest BCUT2D eigenvalue weighted by atomic mass is 9.90. The third-order valence-electron chi connectivity index (χ3n) is 4.58. The van der Waals surface area contributed by atoms with Gasteiger partial charge in [-0.2, -0.15) is 0 Å². The van der Waals surface area contributed by atoms with Crippen molar-refractivity contribution in [3.05, 3.63) is 24.3 Å². The van der Waals surface area contributed by atoms with Crippen LogP contribution in [0, 0.1) is 11.8 Å². The van der Waals surface area contributed by atoms with Gasteiger partial charge < -0.3 is 10.2 Å². The SMILES string of the molecule is CCCCCC(=O)/C=C/[C@H]1[C@H](O)CC(=O)[C@H]1C/C=C\CCCC(=O)O. The number of unbranched alkanes of at least 4 members (excludes halogenated alkanes) is 3. The van der Waals surface area contributed by atoms with Crippen LogP contribution < -0.4 is 0 Å². The van der Waals surface area contributed by atoms with Gasteiger partial charge in [0, 0.05) is 31.1 Å². The molecule has 0 heterocycles. The molecule has 0 aromatic heterocycles. The first-order chi connectivity index (χ1) is 12.0. The van der Waals surface area contributed by atoms with E-state index in [-0.39, 0.29) is 36.2 Å². The van der Waals surface area contributed by atoms with Crippen LogP contribution in [0.15, 0.2) is 24.3 Å². The van der Waals surface area contributed by atoms with Crippen molar-refractivity contribution >= 4 is 17.5 Å². The van der Waals surface area contributed by atoms with E-state index < -0.39 is 12.1 Å². The van der Waals surface area contributed by atoms with E-state index in [2.05, 4.69) is 6.92 Å². The zero-order chi connectivity index (χ0) is 18.7. The smallest absolute Gasteiger partial charge is 0.303 e. The fourth-order valence-corrected chi connectivity index (χ4v) is 3.11. The van der Waals surface area contributed by atoms with Crippen LogP contribution in [0.1, 0.15) is 64.7 Å². The monoisotopic (exact) mass is 350 g/mol. The van der Waals surface area contributed by atoms with E-state index in [0.717, 1.165) is 19.3 Å². The first-order valence-corrected chi connectivity index (χ1v) is 9.24. The van der Waals surface area contributed by atoms with Crippen LogP contribution in [0.5, 0.6) is 0 Å². The topological polar surface area (TPSA) is 91.7 Å². The fraction of sp³-hybridized carbons (Fsp3) is 0.650. The second-order valence-electron chi connectivity index (χ2n) is 6.70. The van der Waals surface area contributed by atoms with Gasteiger partial charge in [0.05, 0.1) is 6.10 Å². The molecule has 0 aromatic rings. The van der Waals surface area contributed by atoms with Gasteiger partial charge in [0.2, 0.25) is 0 Å². The fourth-order valence-electron chi connectivity index (χ4n) is 3.11. The first kappa shape index (κ1) is 21.3. The molecule has 0 unspecified atom stereocenters. The van der Waals surface area contributed by atoms with Crippen LogP contribution in [0.4, 0.5) is 0 Å². The molecular formula is C20H30O5. The number of carbonyl (C=O) groups excluding carboxylic acids is 2. The molecule has 2 N–H and O–H groups in total. The molecule has 0 radical (unpaired) electrons. The lowest BCUT2D eigenvalue weighted by Crippen LogP contribution is -2.18. The molecule has 0 aliphatic heterocycles. The minimum absolute atomic E-state index is 0.0239. The number of carboxylic acid groups (broad SMARTS) is 1. The zero-order valence-corrected chi connectivity index (χ0v) is 15.0. The summed E-state index contributed by atoms with van der Waals surface area (Å²) in [6.07, 6.45) is 11.8. The Labute approximate surface area is 149 Å². The van der Waals surface area contributed by atoms with Crippen molar-refractivity contribution in [3.63, 3.8) is 0 Å². The quantitative estimate of drug-likeness (QED) is 0.319. The summed E-state index contributed by atoms with van der Waals surface area (Å²) in [6, 6.07) is 0. The standard InChI is InChI=1S/C20H30O5/c1-2-3-6-9-15(21)12-13-17-16(18(22)14-19(17)23)10-7-4-5-8-11-20(24)25/h4,7,12-13,16-17,19,23H,2-3,5-6,8-11,14H2,1H3,(H,24,25)/b7-4-,13-12+/t16-,17+,19+/m0/s1. The van der Waals surface area contributed by atoms with Gasteiger partial charge in [-0.1, -0.05) is 38.0 Å². The number of aliphatic carboxylic acids is 1. The number of aliphatic hydroxyl groups excluding tert-OH is 1. The van der Waals surface area contributed by atoms with Crippen LogP contribution in [0.2, 0.25) is 0 Å². The number of Topliss-reactive ketones (excluding diaryl/α,β-unsaturated/α-hetero) is 1. The Bertz CT molecular complexity index is 506. The van der Waals surface area contributed by atoms with Crippen molar-refractivity contribution in [3.8, 4) is 0 Å². The highest BCUT2D eigenvalue weighted by molar-refractivity contribution is 5.90. The molecule has 0 spiro atoms. The first-order valence-electron chi connectivity index (χ1n) is 9.24. The van der Waals surface area contributed by atoms with Crippen LogP contribution in [-0.4, -0.2) is 33.9 Å². The van der Waals surface area contributed by atoms with E-state index in [1.165, 1.54) is 6.08 Å². The van der Waals surface area contributed by atoms with Gasteiger partial charge in [0.25, 0.3) is 0 Å². The largest absolute Gasteiger partial charge is 0.481 e. The molecule has 0 amide bonds. The summed E-state index contributed by atoms with van der Waals surface area (Å²) in [5, 5.41) is 18.7. The van der Waals surface area contributed by atoms with E-state index in [1.54, 1.807) is 6.08 Å². The number of aliphatic hydroxyl groups is 1. The Hall–Kier alpha value is -1.75. The summed E-state index contributed by atoms with van der Waals surface area (Å²) in [6.45, 7) is 2.08. The van der Waals surface area contributed by atoms with Crippen LogP contribution in [0.3, 0.4) is 0 Å². The van der Waals surface area contributed by atoms with E-state index >= 15 is 0 Å². The maximum absolute atomic E-state index is 12.1. The Morgan fingerprint density at radius 1 is 1.16 bits per heavy atom. The second kappa shape index (κ2) is 11.7. The minimum atomic E-state index is -0.809. The van der Waals surface area contributed by atoms with Gasteiger partial charge in [0.15, 0.2) is 5.78 Å². The van der Waals surface area contributed by atoms with Crippen molar-refractivity contribution in [1.29, 1.82) is 0 Å². The molecular weight excluding hydrogens is 320 g/mol. The number of allylic oxidation sites excluding steroid dienone is 3. The molecule has 0 saturated heterocycles. The molecule has 1 saturated carbocycles. The van der Waals surface area contributed by atoms with E-state index in [0.29, 0.717) is 25.7 Å². The van der Waals surface area contributed by atoms with E-state index in [4.69, 9.17) is 5.11 Å². The zero-order valence-electron chi connectivity index (χ0n) is 15.0. The van der Waals surface area contributed by atoms with Crippen LogP contribution in [0.25, 0.3) is 0 Å². The Balaban J connectivity index is 2.49. The molecule has 1 fully saturated rings. The average molecular weight is 350 g/mol. The summed E-state index contributed by atoms with van der Waals surface area (Å²) >= 11 is 0. The van der Waals surface area contributed by atoms with Crippen molar-refractivity contribution < 1.29 is 24.6 Å².